The van der Waals surface area contributed by atoms with E-state index in [9.17, 15) is 0 Å². The Balaban J connectivity index is 2.21. The summed E-state index contributed by atoms with van der Waals surface area (Å²) >= 11 is 1.72. The van der Waals surface area contributed by atoms with E-state index in [2.05, 4.69) is 16.5 Å². The van der Waals surface area contributed by atoms with Crippen molar-refractivity contribution in [2.45, 2.75) is 19.0 Å². The fraction of sp³-hybridized carbons (Fsp3) is 0.308. The van der Waals surface area contributed by atoms with Crippen LogP contribution in [0.25, 0.3) is 11.0 Å². The van der Waals surface area contributed by atoms with E-state index in [1.807, 2.05) is 32.0 Å². The Labute approximate surface area is 105 Å². The van der Waals surface area contributed by atoms with E-state index >= 15 is 0 Å². The van der Waals surface area contributed by atoms with Crippen LogP contribution in [-0.2, 0) is 0 Å². The van der Waals surface area contributed by atoms with Gasteiger partial charge in [0.15, 0.2) is 11.0 Å². The van der Waals surface area contributed by atoms with Crippen molar-refractivity contribution >= 4 is 22.8 Å². The maximum absolute atomic E-state index is 5.47. The van der Waals surface area contributed by atoms with Gasteiger partial charge in [-0.15, -0.1) is 0 Å². The quantitative estimate of drug-likeness (QED) is 0.653. The normalized spacial score (nSPS) is 10.7. The zero-order valence-corrected chi connectivity index (χ0v) is 11.0. The first-order chi connectivity index (χ1) is 8.19. The molecule has 0 radical (unpaired) electrons. The monoisotopic (exact) mass is 249 g/mol. The third kappa shape index (κ3) is 3.03. The van der Waals surface area contributed by atoms with Gasteiger partial charge < -0.3 is 4.74 Å². The molecule has 0 aliphatic rings. The zero-order chi connectivity index (χ0) is 12.3. The predicted molar refractivity (Wildman–Crippen MR) is 71.6 cm³/mol. The predicted octanol–water partition coefficient (Wildman–Crippen LogP) is 3.05. The van der Waals surface area contributed by atoms with Crippen LogP contribution in [0, 0.1) is 0 Å². The molecular formula is C13H17N2OS+. The smallest absolute Gasteiger partial charge is 0.314 e. The first-order valence-electron chi connectivity index (χ1n) is 5.64. The average molecular weight is 249 g/mol. The van der Waals surface area contributed by atoms with Gasteiger partial charge in [-0.3, -0.25) is 0 Å². The summed E-state index contributed by atoms with van der Waals surface area (Å²) in [4.78, 5) is 6.67. The maximum Gasteiger partial charge on any atom is 0.314 e. The van der Waals surface area contributed by atoms with Gasteiger partial charge in [0.1, 0.15) is 5.75 Å². The van der Waals surface area contributed by atoms with Crippen molar-refractivity contribution in [3.63, 3.8) is 0 Å². The molecule has 1 aromatic heterocycles. The Bertz CT molecular complexity index is 533. The van der Waals surface area contributed by atoms with Crippen molar-refractivity contribution < 1.29 is 9.72 Å². The molecule has 4 heteroatoms. The highest BCUT2D eigenvalue weighted by atomic mass is 32.2. The zero-order valence-electron chi connectivity index (χ0n) is 10.2. The van der Waals surface area contributed by atoms with E-state index < -0.39 is 0 Å². The molecule has 0 bridgehead atoms. The molecular weight excluding hydrogens is 232 g/mol. The van der Waals surface area contributed by atoms with Crippen molar-refractivity contribution in [2.75, 3.05) is 12.4 Å². The molecule has 0 fully saturated rings. The van der Waals surface area contributed by atoms with Gasteiger partial charge in [0.25, 0.3) is 0 Å². The Morgan fingerprint density at radius 3 is 3.06 bits per heavy atom. The van der Waals surface area contributed by atoms with Gasteiger partial charge in [0.05, 0.1) is 6.61 Å². The SMILES string of the molecule is C=C(C)CSc1[nH]c2cc(OCC)ccc2[nH+]1. The van der Waals surface area contributed by atoms with Crippen molar-refractivity contribution in [1.29, 1.82) is 0 Å². The van der Waals surface area contributed by atoms with Gasteiger partial charge in [-0.2, -0.15) is 0 Å². The van der Waals surface area contributed by atoms with Crippen LogP contribution < -0.4 is 9.72 Å². The van der Waals surface area contributed by atoms with Crippen LogP contribution in [0.5, 0.6) is 5.75 Å². The standard InChI is InChI=1S/C13H16N2OS/c1-4-16-10-5-6-11-12(7-10)15-13(14-11)17-8-9(2)3/h5-7H,2,4,8H2,1,3H3,(H,14,15)/p+1. The third-order valence-corrected chi connectivity index (χ3v) is 3.39. The highest BCUT2D eigenvalue weighted by molar-refractivity contribution is 7.99. The molecule has 0 saturated heterocycles. The van der Waals surface area contributed by atoms with E-state index in [1.165, 1.54) is 0 Å². The fourth-order valence-electron chi connectivity index (χ4n) is 1.54. The average Bonchev–Trinajstić information content (AvgIpc) is 2.69. The molecule has 1 heterocycles. The number of benzene rings is 1. The van der Waals surface area contributed by atoms with Gasteiger partial charge in [0.2, 0.25) is 0 Å². The summed E-state index contributed by atoms with van der Waals surface area (Å²) < 4.78 is 5.47. The molecule has 1 aromatic carbocycles. The van der Waals surface area contributed by atoms with Gasteiger partial charge in [-0.25, -0.2) is 9.97 Å². The molecule has 17 heavy (non-hydrogen) atoms. The lowest BCUT2D eigenvalue weighted by Crippen LogP contribution is -2.01. The topological polar surface area (TPSA) is 39.2 Å². The fourth-order valence-corrected chi connectivity index (χ4v) is 2.29. The minimum Gasteiger partial charge on any atom is -0.494 e. The lowest BCUT2D eigenvalue weighted by Gasteiger charge is -1.99. The lowest BCUT2D eigenvalue weighted by molar-refractivity contribution is -0.396. The third-order valence-electron chi connectivity index (χ3n) is 2.26. The maximum atomic E-state index is 5.47. The van der Waals surface area contributed by atoms with E-state index in [1.54, 1.807) is 11.8 Å². The number of aromatic nitrogens is 2. The number of ether oxygens (including phenoxy) is 1. The van der Waals surface area contributed by atoms with Crippen LogP contribution in [0.15, 0.2) is 35.5 Å². The van der Waals surface area contributed by atoms with Crippen LogP contribution in [-0.4, -0.2) is 17.3 Å². The summed E-state index contributed by atoms with van der Waals surface area (Å²) in [7, 11) is 0. The van der Waals surface area contributed by atoms with Crippen LogP contribution in [0.1, 0.15) is 13.8 Å². The summed E-state index contributed by atoms with van der Waals surface area (Å²) in [5.41, 5.74) is 3.33. The Morgan fingerprint density at radius 2 is 2.35 bits per heavy atom. The number of hydrogen-bond donors (Lipinski definition) is 1. The first-order valence-corrected chi connectivity index (χ1v) is 6.62. The summed E-state index contributed by atoms with van der Waals surface area (Å²) in [5, 5.41) is 1.05. The summed E-state index contributed by atoms with van der Waals surface area (Å²) in [6, 6.07) is 6.02. The Morgan fingerprint density at radius 1 is 1.53 bits per heavy atom. The van der Waals surface area contributed by atoms with E-state index in [4.69, 9.17) is 4.74 Å². The number of rotatable bonds is 5. The van der Waals surface area contributed by atoms with Gasteiger partial charge in [-0.1, -0.05) is 12.2 Å². The highest BCUT2D eigenvalue weighted by Gasteiger charge is 2.11. The molecule has 0 amide bonds. The molecule has 0 aliphatic carbocycles. The largest absolute Gasteiger partial charge is 0.494 e. The van der Waals surface area contributed by atoms with Crippen molar-refractivity contribution in [2.24, 2.45) is 0 Å². The number of thioether (sulfide) groups is 1. The minimum atomic E-state index is 0.688. The molecule has 0 atom stereocenters. The highest BCUT2D eigenvalue weighted by Crippen LogP contribution is 2.21. The second kappa shape index (κ2) is 5.27. The molecule has 90 valence electrons. The second-order valence-corrected chi connectivity index (χ2v) is 4.95. The van der Waals surface area contributed by atoms with Crippen molar-refractivity contribution in [1.82, 2.24) is 4.98 Å². The number of H-pyrrole nitrogens is 2. The summed E-state index contributed by atoms with van der Waals surface area (Å²) in [5.74, 6) is 1.81. The number of aromatic amines is 2. The van der Waals surface area contributed by atoms with Gasteiger partial charge >= 0.3 is 5.16 Å². The second-order valence-electron chi connectivity index (χ2n) is 3.97. The number of hydrogen-bond acceptors (Lipinski definition) is 2. The molecule has 2 aromatic rings. The van der Waals surface area contributed by atoms with Gasteiger partial charge in [0, 0.05) is 11.8 Å². The van der Waals surface area contributed by atoms with E-state index in [-0.39, 0.29) is 0 Å². The Hall–Kier alpha value is -1.42. The van der Waals surface area contributed by atoms with Crippen molar-refractivity contribution in [3.8, 4) is 5.75 Å². The first kappa shape index (κ1) is 12.0. The van der Waals surface area contributed by atoms with Crippen molar-refractivity contribution in [3.05, 3.63) is 30.4 Å². The Kier molecular flexibility index (Phi) is 3.74. The number of fused-ring (bicyclic) bond motifs is 1. The van der Waals surface area contributed by atoms with Crippen LogP contribution in [0.4, 0.5) is 0 Å². The van der Waals surface area contributed by atoms with E-state index in [0.717, 1.165) is 33.3 Å². The van der Waals surface area contributed by atoms with Crippen LogP contribution in [0.3, 0.4) is 0 Å². The number of imidazole rings is 1. The van der Waals surface area contributed by atoms with Crippen LogP contribution >= 0.6 is 11.8 Å². The molecule has 0 saturated carbocycles. The molecule has 3 nitrogen and oxygen atoms in total. The summed E-state index contributed by atoms with van der Waals surface area (Å²) in [6.45, 7) is 8.60. The lowest BCUT2D eigenvalue weighted by atomic mass is 10.3. The summed E-state index contributed by atoms with van der Waals surface area (Å²) in [6.07, 6.45) is 0. The molecule has 0 aliphatic heterocycles. The molecule has 2 N–H and O–H groups in total. The minimum absolute atomic E-state index is 0.688. The van der Waals surface area contributed by atoms with E-state index in [0.29, 0.717) is 6.61 Å². The molecule has 0 spiro atoms. The number of nitrogens with one attached hydrogen (secondary N) is 2. The molecule has 2 rings (SSSR count). The van der Waals surface area contributed by atoms with Crippen LogP contribution in [0.2, 0.25) is 0 Å². The van der Waals surface area contributed by atoms with Gasteiger partial charge in [-0.05, 0) is 37.7 Å². The molecule has 0 unspecified atom stereocenters.